The van der Waals surface area contributed by atoms with Crippen LogP contribution in [-0.4, -0.2) is 69.6 Å². The molecule has 3 saturated heterocycles. The second-order valence-electron chi connectivity index (χ2n) is 8.86. The molecule has 0 spiro atoms. The van der Waals surface area contributed by atoms with Crippen molar-refractivity contribution >= 4 is 19.7 Å². The van der Waals surface area contributed by atoms with Crippen LogP contribution in [0.25, 0.3) is 0 Å². The van der Waals surface area contributed by atoms with Gasteiger partial charge < -0.3 is 9.47 Å². The summed E-state index contributed by atoms with van der Waals surface area (Å²) in [7, 11) is -7.83. The summed E-state index contributed by atoms with van der Waals surface area (Å²) in [4.78, 5) is 6.06. The number of rotatable bonds is 5. The van der Waals surface area contributed by atoms with Gasteiger partial charge in [-0.3, -0.25) is 4.84 Å². The van der Waals surface area contributed by atoms with Crippen LogP contribution >= 0.6 is 0 Å². The van der Waals surface area contributed by atoms with Crippen molar-refractivity contribution in [2.75, 3.05) is 18.9 Å². The highest BCUT2D eigenvalue weighted by atomic mass is 32.2. The summed E-state index contributed by atoms with van der Waals surface area (Å²) >= 11 is 0. The Morgan fingerprint density at radius 3 is 2.12 bits per heavy atom. The van der Waals surface area contributed by atoms with Crippen molar-refractivity contribution in [2.24, 2.45) is 0 Å². The molecule has 0 aliphatic carbocycles. The SMILES string of the molecule is CC1(C)O[C@@H]2[C@@H](CN3OC[C@@H](S(=O)(=O)c4ccccc4)[C@@]23CS(=O)(=O)c2ccccc2)O1. The van der Waals surface area contributed by atoms with Crippen LogP contribution in [0.5, 0.6) is 0 Å². The lowest BCUT2D eigenvalue weighted by atomic mass is 9.92. The number of nitrogens with zero attached hydrogens (tertiary/aromatic N) is 1. The van der Waals surface area contributed by atoms with E-state index in [1.807, 2.05) is 0 Å². The van der Waals surface area contributed by atoms with Crippen LogP contribution in [0.15, 0.2) is 70.5 Å². The van der Waals surface area contributed by atoms with E-state index >= 15 is 0 Å². The highest BCUT2D eigenvalue weighted by Crippen LogP contribution is 2.50. The molecule has 0 radical (unpaired) electrons. The molecule has 0 amide bonds. The molecule has 3 aliphatic rings. The number of benzene rings is 2. The van der Waals surface area contributed by atoms with Gasteiger partial charge in [0.1, 0.15) is 23.0 Å². The lowest BCUT2D eigenvalue weighted by Gasteiger charge is -2.38. The minimum atomic E-state index is -3.95. The number of hydroxylamine groups is 2. The molecule has 8 nitrogen and oxygen atoms in total. The fourth-order valence-electron chi connectivity index (χ4n) is 5.08. The van der Waals surface area contributed by atoms with E-state index in [1.54, 1.807) is 50.2 Å². The summed E-state index contributed by atoms with van der Waals surface area (Å²) < 4.78 is 66.7. The first kappa shape index (κ1) is 22.0. The zero-order valence-corrected chi connectivity index (χ0v) is 19.4. The molecule has 172 valence electrons. The smallest absolute Gasteiger partial charge is 0.185 e. The van der Waals surface area contributed by atoms with Gasteiger partial charge >= 0.3 is 0 Å². The van der Waals surface area contributed by atoms with E-state index < -0.39 is 54.2 Å². The van der Waals surface area contributed by atoms with Crippen LogP contribution in [0, 0.1) is 0 Å². The van der Waals surface area contributed by atoms with Crippen molar-refractivity contribution in [2.45, 2.75) is 52.4 Å². The fraction of sp³-hybridized carbons (Fsp3) is 0.455. The Hall–Kier alpha value is -1.82. The third-order valence-corrected chi connectivity index (χ3v) is 10.5. The number of sulfone groups is 2. The van der Waals surface area contributed by atoms with E-state index in [0.29, 0.717) is 0 Å². The molecule has 3 heterocycles. The van der Waals surface area contributed by atoms with E-state index in [1.165, 1.54) is 29.3 Å². The maximum Gasteiger partial charge on any atom is 0.185 e. The van der Waals surface area contributed by atoms with Crippen molar-refractivity contribution in [3.8, 4) is 0 Å². The third kappa shape index (κ3) is 3.32. The predicted molar refractivity (Wildman–Crippen MR) is 115 cm³/mol. The van der Waals surface area contributed by atoms with Gasteiger partial charge in [0.05, 0.1) is 28.7 Å². The molecule has 10 heteroatoms. The van der Waals surface area contributed by atoms with Crippen LogP contribution in [0.1, 0.15) is 13.8 Å². The Morgan fingerprint density at radius 2 is 1.50 bits per heavy atom. The molecule has 0 saturated carbocycles. The molecule has 0 unspecified atom stereocenters. The molecule has 0 bridgehead atoms. The Kier molecular flexibility index (Phi) is 5.05. The maximum absolute atomic E-state index is 13.8. The summed E-state index contributed by atoms with van der Waals surface area (Å²) in [6, 6.07) is 16.1. The Labute approximate surface area is 187 Å². The summed E-state index contributed by atoms with van der Waals surface area (Å²) in [5.74, 6) is -1.43. The van der Waals surface area contributed by atoms with E-state index in [2.05, 4.69) is 0 Å². The maximum atomic E-state index is 13.8. The van der Waals surface area contributed by atoms with Gasteiger partial charge in [-0.1, -0.05) is 36.4 Å². The summed E-state index contributed by atoms with van der Waals surface area (Å²) in [5, 5.41) is 0.326. The molecule has 5 rings (SSSR count). The normalized spacial score (nSPS) is 32.0. The second-order valence-corrected chi connectivity index (χ2v) is 13.0. The van der Waals surface area contributed by atoms with Crippen LogP contribution in [0.4, 0.5) is 0 Å². The standard InChI is InChI=1S/C22H25NO7S2/c1-21(2)29-18-13-23-22(20(18)30-21,15-31(24,25)16-9-5-3-6-10-16)19(14-28-23)32(26,27)17-11-7-4-8-12-17/h3-12,18-20H,13-15H2,1-2H3/t18-,19-,20-,22+/m1/s1. The van der Waals surface area contributed by atoms with E-state index in [0.717, 1.165) is 0 Å². The molecular weight excluding hydrogens is 454 g/mol. The average Bonchev–Trinajstić information content (AvgIpc) is 3.34. The largest absolute Gasteiger partial charge is 0.343 e. The first-order valence-corrected chi connectivity index (χ1v) is 13.6. The van der Waals surface area contributed by atoms with Gasteiger partial charge in [0.2, 0.25) is 0 Å². The van der Waals surface area contributed by atoms with Crippen molar-refractivity contribution in [1.82, 2.24) is 5.06 Å². The molecular formula is C22H25NO7S2. The Balaban J connectivity index is 1.65. The van der Waals surface area contributed by atoms with Gasteiger partial charge in [0.15, 0.2) is 25.5 Å². The first-order chi connectivity index (χ1) is 15.1. The monoisotopic (exact) mass is 479 g/mol. The van der Waals surface area contributed by atoms with Crippen LogP contribution < -0.4 is 0 Å². The van der Waals surface area contributed by atoms with E-state index in [-0.39, 0.29) is 22.9 Å². The number of fused-ring (bicyclic) bond motifs is 3. The summed E-state index contributed by atoms with van der Waals surface area (Å²) in [5.41, 5.74) is -1.46. The topological polar surface area (TPSA) is 99.2 Å². The molecule has 0 N–H and O–H groups in total. The number of ether oxygens (including phenoxy) is 2. The highest BCUT2D eigenvalue weighted by molar-refractivity contribution is 7.93. The predicted octanol–water partition coefficient (Wildman–Crippen LogP) is 1.82. The van der Waals surface area contributed by atoms with Crippen molar-refractivity contribution in [1.29, 1.82) is 0 Å². The zero-order chi connectivity index (χ0) is 22.8. The Bertz CT molecular complexity index is 1220. The summed E-state index contributed by atoms with van der Waals surface area (Å²) in [6.45, 7) is 3.55. The van der Waals surface area contributed by atoms with E-state index in [4.69, 9.17) is 14.3 Å². The minimum absolute atomic E-state index is 0.119. The minimum Gasteiger partial charge on any atom is -0.343 e. The average molecular weight is 480 g/mol. The molecule has 2 aromatic rings. The van der Waals surface area contributed by atoms with Crippen molar-refractivity contribution in [3.05, 3.63) is 60.7 Å². The van der Waals surface area contributed by atoms with Gasteiger partial charge in [-0.25, -0.2) is 16.8 Å². The molecule has 0 aromatic heterocycles. The summed E-state index contributed by atoms with van der Waals surface area (Å²) in [6.07, 6.45) is -1.30. The molecule has 3 aliphatic heterocycles. The highest BCUT2D eigenvalue weighted by Gasteiger charge is 2.71. The van der Waals surface area contributed by atoms with Gasteiger partial charge in [-0.15, -0.1) is 0 Å². The number of hydrogen-bond acceptors (Lipinski definition) is 8. The van der Waals surface area contributed by atoms with Crippen LogP contribution in [0.3, 0.4) is 0 Å². The van der Waals surface area contributed by atoms with E-state index in [9.17, 15) is 16.8 Å². The molecule has 4 atom stereocenters. The fourth-order valence-corrected chi connectivity index (χ4v) is 9.02. The molecule has 2 aromatic carbocycles. The molecule has 32 heavy (non-hydrogen) atoms. The van der Waals surface area contributed by atoms with Crippen molar-refractivity contribution in [3.63, 3.8) is 0 Å². The lowest BCUT2D eigenvalue weighted by Crippen LogP contribution is -2.61. The van der Waals surface area contributed by atoms with Crippen LogP contribution in [-0.2, 0) is 34.0 Å². The quantitative estimate of drug-likeness (QED) is 0.641. The molecule has 3 fully saturated rings. The lowest BCUT2D eigenvalue weighted by molar-refractivity contribution is -0.210. The Morgan fingerprint density at radius 1 is 0.906 bits per heavy atom. The van der Waals surface area contributed by atoms with Crippen LogP contribution in [0.2, 0.25) is 0 Å². The third-order valence-electron chi connectivity index (χ3n) is 6.40. The first-order valence-electron chi connectivity index (χ1n) is 10.4. The zero-order valence-electron chi connectivity index (χ0n) is 17.7. The number of hydrogen-bond donors (Lipinski definition) is 0. The van der Waals surface area contributed by atoms with Gasteiger partial charge in [0.25, 0.3) is 0 Å². The van der Waals surface area contributed by atoms with Gasteiger partial charge in [0, 0.05) is 0 Å². The van der Waals surface area contributed by atoms with Gasteiger partial charge in [-0.2, -0.15) is 5.06 Å². The van der Waals surface area contributed by atoms with Crippen molar-refractivity contribution < 1.29 is 31.1 Å². The van der Waals surface area contributed by atoms with Gasteiger partial charge in [-0.05, 0) is 38.1 Å². The second kappa shape index (κ2) is 7.34.